The van der Waals surface area contributed by atoms with Crippen LogP contribution in [0.4, 0.5) is 25.8 Å². The van der Waals surface area contributed by atoms with Gasteiger partial charge >= 0.3 is 0 Å². The van der Waals surface area contributed by atoms with Crippen molar-refractivity contribution < 1.29 is 21.9 Å². The van der Waals surface area contributed by atoms with Gasteiger partial charge in [0.2, 0.25) is 0 Å². The number of halogens is 2. The van der Waals surface area contributed by atoms with E-state index in [1.807, 2.05) is 19.9 Å². The Bertz CT molecular complexity index is 1600. The minimum absolute atomic E-state index is 0.0809. The number of hydrogen-bond acceptors (Lipinski definition) is 8. The van der Waals surface area contributed by atoms with E-state index >= 15 is 0 Å². The number of aromatic nitrogens is 3. The standard InChI is InChI=1S/C29H33F2N5O3S/c1-16-17(2)33-20(14-32-16)11-19-12-22(27-23(34-19)13-24(36-27)28(30)31)35-21-7-6-18(10-26(21)40(5,37)38)25-8-9-29(3,4)15-39-25/h6-7,10,12,14,25,28H,8-9,11,13,15H2,1-5H3,(H,34,35). The Morgan fingerprint density at radius 1 is 1.10 bits per heavy atom. The molecule has 40 heavy (non-hydrogen) atoms. The third-order valence-corrected chi connectivity index (χ3v) is 8.52. The van der Waals surface area contributed by atoms with Crippen molar-refractivity contribution in [3.63, 3.8) is 0 Å². The molecule has 0 radical (unpaired) electrons. The monoisotopic (exact) mass is 569 g/mol. The van der Waals surface area contributed by atoms with Gasteiger partial charge in [-0.1, -0.05) is 19.9 Å². The summed E-state index contributed by atoms with van der Waals surface area (Å²) in [6.07, 6.45) is 1.90. The van der Waals surface area contributed by atoms with Crippen LogP contribution in [0, 0.1) is 19.3 Å². The van der Waals surface area contributed by atoms with Gasteiger partial charge in [-0.15, -0.1) is 0 Å². The van der Waals surface area contributed by atoms with Crippen molar-refractivity contribution in [2.45, 2.75) is 70.8 Å². The van der Waals surface area contributed by atoms with E-state index in [1.165, 1.54) is 0 Å². The summed E-state index contributed by atoms with van der Waals surface area (Å²) in [5, 5.41) is 3.18. The average Bonchev–Trinajstić information content (AvgIpc) is 3.31. The molecule has 1 N–H and O–H groups in total. The predicted molar refractivity (Wildman–Crippen MR) is 150 cm³/mol. The van der Waals surface area contributed by atoms with E-state index in [2.05, 4.69) is 39.1 Å². The van der Waals surface area contributed by atoms with Crippen molar-refractivity contribution in [2.24, 2.45) is 10.4 Å². The normalized spacial score (nSPS) is 18.5. The van der Waals surface area contributed by atoms with Gasteiger partial charge in [0.15, 0.2) is 9.84 Å². The number of ether oxygens (including phenoxy) is 1. The summed E-state index contributed by atoms with van der Waals surface area (Å²) in [7, 11) is -3.65. The molecule has 212 valence electrons. The Morgan fingerprint density at radius 2 is 1.88 bits per heavy atom. The molecule has 1 aromatic carbocycles. The summed E-state index contributed by atoms with van der Waals surface area (Å²) in [5.74, 6) is 0. The maximum absolute atomic E-state index is 13.6. The Hall–Kier alpha value is -3.31. The molecule has 1 atom stereocenters. The molecule has 2 aromatic heterocycles. The number of nitrogens with zero attached hydrogens (tertiary/aromatic N) is 4. The van der Waals surface area contributed by atoms with Crippen molar-refractivity contribution in [3.05, 3.63) is 64.5 Å². The number of nitrogens with one attached hydrogen (secondary N) is 1. The van der Waals surface area contributed by atoms with E-state index in [0.717, 1.165) is 36.0 Å². The fourth-order valence-electron chi connectivity index (χ4n) is 4.98. The highest BCUT2D eigenvalue weighted by atomic mass is 32.2. The fourth-order valence-corrected chi connectivity index (χ4v) is 5.85. The van der Waals surface area contributed by atoms with E-state index in [9.17, 15) is 17.2 Å². The maximum Gasteiger partial charge on any atom is 0.277 e. The Balaban J connectivity index is 1.52. The molecule has 1 saturated heterocycles. The van der Waals surface area contributed by atoms with Crippen LogP contribution in [-0.4, -0.2) is 48.4 Å². The van der Waals surface area contributed by atoms with Crippen molar-refractivity contribution in [2.75, 3.05) is 18.2 Å². The van der Waals surface area contributed by atoms with Crippen LogP contribution in [0.15, 0.2) is 40.4 Å². The number of aliphatic imine (C=N–C) groups is 1. The van der Waals surface area contributed by atoms with Gasteiger partial charge < -0.3 is 10.1 Å². The summed E-state index contributed by atoms with van der Waals surface area (Å²) in [4.78, 5) is 17.8. The van der Waals surface area contributed by atoms with Crippen LogP contribution < -0.4 is 5.32 Å². The lowest BCUT2D eigenvalue weighted by Crippen LogP contribution is -2.27. The Labute approximate surface area is 233 Å². The molecule has 0 bridgehead atoms. The van der Waals surface area contributed by atoms with E-state index < -0.39 is 16.3 Å². The van der Waals surface area contributed by atoms with Crippen LogP contribution >= 0.6 is 0 Å². The van der Waals surface area contributed by atoms with Gasteiger partial charge in [0.05, 0.1) is 57.5 Å². The van der Waals surface area contributed by atoms with Gasteiger partial charge in [0, 0.05) is 31.0 Å². The quantitative estimate of drug-likeness (QED) is 0.372. The second-order valence-electron chi connectivity index (χ2n) is 11.4. The number of rotatable bonds is 7. The van der Waals surface area contributed by atoms with Crippen molar-refractivity contribution >= 4 is 32.6 Å². The lowest BCUT2D eigenvalue weighted by atomic mass is 9.84. The lowest BCUT2D eigenvalue weighted by molar-refractivity contribution is -0.0499. The molecule has 4 heterocycles. The highest BCUT2D eigenvalue weighted by Crippen LogP contribution is 2.41. The molecule has 11 heteroatoms. The smallest absolute Gasteiger partial charge is 0.277 e. The van der Waals surface area contributed by atoms with E-state index in [4.69, 9.17) is 4.74 Å². The number of anilines is 2. The summed E-state index contributed by atoms with van der Waals surface area (Å²) < 4.78 is 59.0. The molecule has 0 spiro atoms. The van der Waals surface area contributed by atoms with E-state index in [-0.39, 0.29) is 34.2 Å². The molecule has 2 aliphatic rings. The van der Waals surface area contributed by atoms with Crippen LogP contribution in [0.25, 0.3) is 0 Å². The van der Waals surface area contributed by atoms with Gasteiger partial charge in [0.25, 0.3) is 6.43 Å². The first kappa shape index (κ1) is 28.2. The maximum atomic E-state index is 13.6. The van der Waals surface area contributed by atoms with Gasteiger partial charge in [0.1, 0.15) is 5.69 Å². The lowest BCUT2D eigenvalue weighted by Gasteiger charge is -2.35. The summed E-state index contributed by atoms with van der Waals surface area (Å²) in [6, 6.07) is 6.89. The number of aryl methyl sites for hydroxylation is 2. The molecule has 1 fully saturated rings. The van der Waals surface area contributed by atoms with Crippen LogP contribution in [-0.2, 0) is 27.4 Å². The second-order valence-corrected chi connectivity index (χ2v) is 13.4. The van der Waals surface area contributed by atoms with Crippen molar-refractivity contribution in [1.29, 1.82) is 0 Å². The minimum Gasteiger partial charge on any atom is -0.373 e. The van der Waals surface area contributed by atoms with Gasteiger partial charge in [-0.3, -0.25) is 15.0 Å². The summed E-state index contributed by atoms with van der Waals surface area (Å²) in [6.45, 7) is 8.62. The number of hydrogen-bond donors (Lipinski definition) is 1. The van der Waals surface area contributed by atoms with Crippen molar-refractivity contribution in [3.8, 4) is 0 Å². The fraction of sp³-hybridized carbons (Fsp3) is 0.448. The number of alkyl halides is 2. The van der Waals surface area contributed by atoms with Crippen LogP contribution in [0.5, 0.6) is 0 Å². The first-order valence-electron chi connectivity index (χ1n) is 13.2. The number of sulfone groups is 1. The van der Waals surface area contributed by atoms with Gasteiger partial charge in [-0.05, 0) is 55.9 Å². The summed E-state index contributed by atoms with van der Waals surface area (Å²) >= 11 is 0. The molecule has 5 rings (SSSR count). The zero-order valence-electron chi connectivity index (χ0n) is 23.3. The SMILES string of the molecule is Cc1ncc(Cc2cc(Nc3ccc(C4CCC(C)(C)CO4)cc3S(C)(=O)=O)c3c(n2)CC(C(F)F)=N3)nc1C. The first-order valence-corrected chi connectivity index (χ1v) is 15.1. The molecule has 3 aromatic rings. The predicted octanol–water partition coefficient (Wildman–Crippen LogP) is 6.00. The number of fused-ring (bicyclic) bond motifs is 1. The summed E-state index contributed by atoms with van der Waals surface area (Å²) in [5.41, 5.74) is 4.90. The largest absolute Gasteiger partial charge is 0.373 e. The molecular weight excluding hydrogens is 536 g/mol. The van der Waals surface area contributed by atoms with Crippen molar-refractivity contribution in [1.82, 2.24) is 15.0 Å². The third-order valence-electron chi connectivity index (χ3n) is 7.38. The highest BCUT2D eigenvalue weighted by Gasteiger charge is 2.30. The first-order chi connectivity index (χ1) is 18.8. The molecule has 1 unspecified atom stereocenters. The molecule has 0 amide bonds. The van der Waals surface area contributed by atoms with Crippen LogP contribution in [0.3, 0.4) is 0 Å². The zero-order valence-corrected chi connectivity index (χ0v) is 24.1. The topological polar surface area (TPSA) is 106 Å². The van der Waals surface area contributed by atoms with Gasteiger partial charge in [-0.25, -0.2) is 22.2 Å². The van der Waals surface area contributed by atoms with E-state index in [0.29, 0.717) is 41.5 Å². The Morgan fingerprint density at radius 3 is 2.52 bits per heavy atom. The average molecular weight is 570 g/mol. The number of pyridine rings is 1. The van der Waals surface area contributed by atoms with Crippen LogP contribution in [0.2, 0.25) is 0 Å². The number of benzene rings is 1. The molecule has 0 saturated carbocycles. The zero-order chi connectivity index (χ0) is 28.8. The highest BCUT2D eigenvalue weighted by molar-refractivity contribution is 7.90. The Kier molecular flexibility index (Phi) is 7.47. The minimum atomic E-state index is -3.65. The third kappa shape index (κ3) is 6.05. The second kappa shape index (κ2) is 10.6. The molecule has 2 aliphatic heterocycles. The van der Waals surface area contributed by atoms with Crippen LogP contribution in [0.1, 0.15) is 66.8 Å². The van der Waals surface area contributed by atoms with Gasteiger partial charge in [-0.2, -0.15) is 0 Å². The molecular formula is C29H33F2N5O3S. The molecule has 0 aliphatic carbocycles. The van der Waals surface area contributed by atoms with E-state index in [1.54, 1.807) is 24.4 Å². The molecule has 8 nitrogen and oxygen atoms in total.